The number of carbonyl (C=O) groups is 2. The normalized spacial score (nSPS) is 10.4. The number of aliphatic carboxylic acids is 1. The van der Waals surface area contributed by atoms with Gasteiger partial charge in [0.15, 0.2) is 6.61 Å². The molecule has 0 spiro atoms. The standard InChI is InChI=1S/C11H10N2O4/c14-9(15)6-17-13-11(16)8-3-1-2-7-4-5-12-10(7)8/h1-5,12H,6H2,(H,13,16)(H,14,15). The highest BCUT2D eigenvalue weighted by Crippen LogP contribution is 2.16. The molecule has 0 saturated carbocycles. The van der Waals surface area contributed by atoms with Crippen LogP contribution in [0.5, 0.6) is 0 Å². The molecule has 2 rings (SSSR count). The van der Waals surface area contributed by atoms with E-state index in [1.165, 1.54) is 0 Å². The minimum atomic E-state index is -1.15. The van der Waals surface area contributed by atoms with Crippen molar-refractivity contribution in [1.29, 1.82) is 0 Å². The Bertz CT molecular complexity index is 561. The number of carboxylic acid groups (broad SMARTS) is 1. The van der Waals surface area contributed by atoms with Gasteiger partial charge in [0.1, 0.15) is 0 Å². The molecule has 6 heteroatoms. The predicted molar refractivity (Wildman–Crippen MR) is 59.4 cm³/mol. The number of fused-ring (bicyclic) bond motifs is 1. The summed E-state index contributed by atoms with van der Waals surface area (Å²) >= 11 is 0. The summed E-state index contributed by atoms with van der Waals surface area (Å²) in [6.07, 6.45) is 1.72. The molecule has 0 radical (unpaired) electrons. The molecule has 0 aliphatic rings. The van der Waals surface area contributed by atoms with E-state index in [0.717, 1.165) is 5.39 Å². The zero-order chi connectivity index (χ0) is 12.3. The van der Waals surface area contributed by atoms with Crippen LogP contribution in [0.1, 0.15) is 10.4 Å². The van der Waals surface area contributed by atoms with Crippen LogP contribution in [0.3, 0.4) is 0 Å². The summed E-state index contributed by atoms with van der Waals surface area (Å²) < 4.78 is 0. The minimum Gasteiger partial charge on any atom is -0.479 e. The molecule has 17 heavy (non-hydrogen) atoms. The molecule has 0 bridgehead atoms. The molecule has 0 unspecified atom stereocenters. The van der Waals surface area contributed by atoms with Crippen molar-refractivity contribution >= 4 is 22.8 Å². The number of carbonyl (C=O) groups excluding carboxylic acids is 1. The first-order valence-electron chi connectivity index (χ1n) is 4.88. The van der Waals surface area contributed by atoms with Gasteiger partial charge in [-0.15, -0.1) is 0 Å². The average Bonchev–Trinajstić information content (AvgIpc) is 2.75. The molecule has 0 atom stereocenters. The summed E-state index contributed by atoms with van der Waals surface area (Å²) in [6.45, 7) is -0.577. The third-order valence-corrected chi connectivity index (χ3v) is 2.19. The maximum absolute atomic E-state index is 11.7. The Morgan fingerprint density at radius 2 is 2.18 bits per heavy atom. The number of rotatable bonds is 4. The van der Waals surface area contributed by atoms with Gasteiger partial charge in [-0.1, -0.05) is 12.1 Å². The van der Waals surface area contributed by atoms with Crippen LogP contribution >= 0.6 is 0 Å². The van der Waals surface area contributed by atoms with Gasteiger partial charge in [-0.25, -0.2) is 10.3 Å². The van der Waals surface area contributed by atoms with Crippen LogP contribution in [0.25, 0.3) is 10.9 Å². The van der Waals surface area contributed by atoms with E-state index in [2.05, 4.69) is 15.3 Å². The van der Waals surface area contributed by atoms with E-state index in [1.807, 2.05) is 12.1 Å². The Hall–Kier alpha value is -2.34. The predicted octanol–water partition coefficient (Wildman–Crippen LogP) is 0.914. The van der Waals surface area contributed by atoms with Gasteiger partial charge < -0.3 is 10.1 Å². The molecule has 0 fully saturated rings. The van der Waals surface area contributed by atoms with E-state index in [9.17, 15) is 9.59 Å². The van der Waals surface area contributed by atoms with Crippen LogP contribution in [0.2, 0.25) is 0 Å². The van der Waals surface area contributed by atoms with E-state index in [4.69, 9.17) is 5.11 Å². The summed E-state index contributed by atoms with van der Waals surface area (Å²) in [4.78, 5) is 29.4. The number of hydroxylamine groups is 1. The van der Waals surface area contributed by atoms with Gasteiger partial charge in [0.25, 0.3) is 5.91 Å². The van der Waals surface area contributed by atoms with Crippen molar-refractivity contribution < 1.29 is 19.5 Å². The SMILES string of the molecule is O=C(O)CONC(=O)c1cccc2cc[nH]c12. The van der Waals surface area contributed by atoms with Crippen LogP contribution in [0.4, 0.5) is 0 Å². The number of carboxylic acids is 1. The molecule has 1 aromatic heterocycles. The van der Waals surface area contributed by atoms with Gasteiger partial charge >= 0.3 is 5.97 Å². The third kappa shape index (κ3) is 2.43. The highest BCUT2D eigenvalue weighted by atomic mass is 16.7. The summed E-state index contributed by atoms with van der Waals surface area (Å²) in [5.41, 5.74) is 3.16. The smallest absolute Gasteiger partial charge is 0.332 e. The van der Waals surface area contributed by atoms with Crippen molar-refractivity contribution in [2.75, 3.05) is 6.61 Å². The highest BCUT2D eigenvalue weighted by Gasteiger charge is 2.10. The van der Waals surface area contributed by atoms with Gasteiger partial charge in [-0.05, 0) is 12.1 Å². The average molecular weight is 234 g/mol. The quantitative estimate of drug-likeness (QED) is 0.686. The van der Waals surface area contributed by atoms with E-state index >= 15 is 0 Å². The van der Waals surface area contributed by atoms with Crippen molar-refractivity contribution in [2.45, 2.75) is 0 Å². The molecule has 1 aromatic carbocycles. The lowest BCUT2D eigenvalue weighted by atomic mass is 10.1. The van der Waals surface area contributed by atoms with Crippen LogP contribution in [-0.4, -0.2) is 28.6 Å². The summed E-state index contributed by atoms with van der Waals surface area (Å²) in [5.74, 6) is -1.64. The van der Waals surface area contributed by atoms with Crippen molar-refractivity contribution in [1.82, 2.24) is 10.5 Å². The topological polar surface area (TPSA) is 91.4 Å². The first kappa shape index (κ1) is 11.2. The molecule has 1 amide bonds. The van der Waals surface area contributed by atoms with Gasteiger partial charge in [0.2, 0.25) is 0 Å². The fourth-order valence-corrected chi connectivity index (χ4v) is 1.49. The maximum atomic E-state index is 11.7. The van der Waals surface area contributed by atoms with Crippen molar-refractivity contribution in [3.8, 4) is 0 Å². The highest BCUT2D eigenvalue weighted by molar-refractivity contribution is 6.05. The second-order valence-corrected chi connectivity index (χ2v) is 3.36. The molecule has 2 aromatic rings. The fraction of sp³-hybridized carbons (Fsp3) is 0.0909. The summed E-state index contributed by atoms with van der Waals surface area (Å²) in [7, 11) is 0. The van der Waals surface area contributed by atoms with E-state index in [1.54, 1.807) is 18.3 Å². The molecular formula is C11H10N2O4. The van der Waals surface area contributed by atoms with Crippen molar-refractivity contribution in [3.63, 3.8) is 0 Å². The molecule has 0 aliphatic carbocycles. The van der Waals surface area contributed by atoms with Gasteiger partial charge in [-0.2, -0.15) is 0 Å². The lowest BCUT2D eigenvalue weighted by molar-refractivity contribution is -0.144. The number of amides is 1. The largest absolute Gasteiger partial charge is 0.479 e. The van der Waals surface area contributed by atoms with Gasteiger partial charge in [0, 0.05) is 11.6 Å². The maximum Gasteiger partial charge on any atom is 0.332 e. The molecular weight excluding hydrogens is 224 g/mol. The second-order valence-electron chi connectivity index (χ2n) is 3.36. The number of benzene rings is 1. The lowest BCUT2D eigenvalue weighted by Crippen LogP contribution is -2.26. The number of aromatic nitrogens is 1. The van der Waals surface area contributed by atoms with Crippen LogP contribution in [0.15, 0.2) is 30.5 Å². The summed E-state index contributed by atoms with van der Waals surface area (Å²) in [5, 5.41) is 9.25. The zero-order valence-corrected chi connectivity index (χ0v) is 8.77. The van der Waals surface area contributed by atoms with Gasteiger partial charge in [0.05, 0.1) is 11.1 Å². The molecule has 88 valence electrons. The molecule has 6 nitrogen and oxygen atoms in total. The Morgan fingerprint density at radius 3 is 2.94 bits per heavy atom. The van der Waals surface area contributed by atoms with Crippen LogP contribution < -0.4 is 5.48 Å². The number of nitrogens with one attached hydrogen (secondary N) is 2. The Kier molecular flexibility index (Phi) is 3.06. The molecule has 1 heterocycles. The number of hydrogen-bond donors (Lipinski definition) is 3. The monoisotopic (exact) mass is 234 g/mol. The summed E-state index contributed by atoms with van der Waals surface area (Å²) in [6, 6.07) is 7.06. The number of para-hydroxylation sites is 1. The Labute approximate surface area is 96.2 Å². The number of aromatic amines is 1. The van der Waals surface area contributed by atoms with E-state index in [0.29, 0.717) is 11.1 Å². The first-order valence-corrected chi connectivity index (χ1v) is 4.88. The third-order valence-electron chi connectivity index (χ3n) is 2.19. The fourth-order valence-electron chi connectivity index (χ4n) is 1.49. The van der Waals surface area contributed by atoms with Crippen molar-refractivity contribution in [3.05, 3.63) is 36.0 Å². The first-order chi connectivity index (χ1) is 8.18. The number of hydrogen-bond acceptors (Lipinski definition) is 3. The Morgan fingerprint density at radius 1 is 1.35 bits per heavy atom. The molecule has 0 saturated heterocycles. The van der Waals surface area contributed by atoms with E-state index in [-0.39, 0.29) is 0 Å². The van der Waals surface area contributed by atoms with Crippen molar-refractivity contribution in [2.24, 2.45) is 0 Å². The Balaban J connectivity index is 2.13. The second kappa shape index (κ2) is 4.67. The number of H-pyrrole nitrogens is 1. The minimum absolute atomic E-state index is 0.401. The zero-order valence-electron chi connectivity index (χ0n) is 8.77. The van der Waals surface area contributed by atoms with Crippen LogP contribution in [-0.2, 0) is 9.63 Å². The molecule has 0 aliphatic heterocycles. The van der Waals surface area contributed by atoms with E-state index < -0.39 is 18.5 Å². The van der Waals surface area contributed by atoms with Crippen LogP contribution in [0, 0.1) is 0 Å². The molecule has 3 N–H and O–H groups in total. The lowest BCUT2D eigenvalue weighted by Gasteiger charge is -2.04. The van der Waals surface area contributed by atoms with Gasteiger partial charge in [-0.3, -0.25) is 9.63 Å².